The maximum absolute atomic E-state index is 12.3. The minimum absolute atomic E-state index is 0.143. The van der Waals surface area contributed by atoms with E-state index in [4.69, 9.17) is 37.4 Å². The summed E-state index contributed by atoms with van der Waals surface area (Å²) in [6.07, 6.45) is 3.64. The molecule has 1 aliphatic heterocycles. The molecule has 29 heavy (non-hydrogen) atoms. The summed E-state index contributed by atoms with van der Waals surface area (Å²) in [7, 11) is 1.58. The van der Waals surface area contributed by atoms with Gasteiger partial charge in [0.1, 0.15) is 0 Å². The van der Waals surface area contributed by atoms with E-state index in [-0.39, 0.29) is 11.6 Å². The van der Waals surface area contributed by atoms with Crippen LogP contribution in [0.3, 0.4) is 0 Å². The van der Waals surface area contributed by atoms with Crippen molar-refractivity contribution in [3.63, 3.8) is 0 Å². The molecule has 8 heteroatoms. The van der Waals surface area contributed by atoms with E-state index >= 15 is 0 Å². The first-order valence-electron chi connectivity index (χ1n) is 8.91. The van der Waals surface area contributed by atoms with Crippen LogP contribution in [0.15, 0.2) is 41.0 Å². The molecule has 1 heterocycles. The molecule has 0 amide bonds. The first-order chi connectivity index (χ1) is 13.9. The zero-order valence-corrected chi connectivity index (χ0v) is 19.5. The molecule has 3 rings (SSSR count). The van der Waals surface area contributed by atoms with E-state index in [1.165, 1.54) is 0 Å². The lowest BCUT2D eigenvalue weighted by Gasteiger charge is -2.13. The lowest BCUT2D eigenvalue weighted by Crippen LogP contribution is -2.06. The quantitative estimate of drug-likeness (QED) is 0.182. The van der Waals surface area contributed by atoms with Crippen LogP contribution < -0.4 is 9.47 Å². The molecule has 1 aliphatic rings. The number of ether oxygens (including phenoxy) is 3. The van der Waals surface area contributed by atoms with E-state index in [1.807, 2.05) is 6.07 Å². The van der Waals surface area contributed by atoms with Crippen molar-refractivity contribution in [3.05, 3.63) is 60.8 Å². The van der Waals surface area contributed by atoms with Crippen molar-refractivity contribution in [3.8, 4) is 11.5 Å². The predicted octanol–water partition coefficient (Wildman–Crippen LogP) is 6.13. The number of hydrogen-bond acceptors (Lipinski definition) is 5. The van der Waals surface area contributed by atoms with Crippen molar-refractivity contribution < 1.29 is 19.0 Å². The van der Waals surface area contributed by atoms with Crippen LogP contribution in [0.4, 0.5) is 0 Å². The fraction of sp³-hybridized carbons (Fsp3) is 0.238. The third-order valence-corrected chi connectivity index (χ3v) is 5.43. The van der Waals surface area contributed by atoms with Crippen molar-refractivity contribution >= 4 is 63.7 Å². The SMILES string of the molecule is CCCCOc1c(I)cc(/C=C2\N=C(c3ccc(Cl)cc3Cl)OC2=O)cc1OC. The van der Waals surface area contributed by atoms with E-state index in [9.17, 15) is 4.79 Å². The van der Waals surface area contributed by atoms with E-state index in [1.54, 1.807) is 37.5 Å². The van der Waals surface area contributed by atoms with Crippen LogP contribution in [-0.2, 0) is 9.53 Å². The van der Waals surface area contributed by atoms with Crippen molar-refractivity contribution in [1.29, 1.82) is 0 Å². The molecule has 0 N–H and O–H groups in total. The van der Waals surface area contributed by atoms with Gasteiger partial charge in [0, 0.05) is 5.02 Å². The second-order valence-corrected chi connectivity index (χ2v) is 8.20. The largest absolute Gasteiger partial charge is 0.493 e. The number of unbranched alkanes of at least 4 members (excludes halogenated alkanes) is 1. The summed E-state index contributed by atoms with van der Waals surface area (Å²) in [6, 6.07) is 8.58. The van der Waals surface area contributed by atoms with Gasteiger partial charge in [-0.2, -0.15) is 0 Å². The van der Waals surface area contributed by atoms with E-state index < -0.39 is 5.97 Å². The first kappa shape index (κ1) is 21.9. The Morgan fingerprint density at radius 2 is 2.03 bits per heavy atom. The van der Waals surface area contributed by atoms with Gasteiger partial charge >= 0.3 is 5.97 Å². The summed E-state index contributed by atoms with van der Waals surface area (Å²) in [5.41, 5.74) is 1.41. The number of methoxy groups -OCH3 is 1. The lowest BCUT2D eigenvalue weighted by molar-refractivity contribution is -0.129. The maximum Gasteiger partial charge on any atom is 0.363 e. The highest BCUT2D eigenvalue weighted by Crippen LogP contribution is 2.35. The van der Waals surface area contributed by atoms with Crippen LogP contribution in [-0.4, -0.2) is 25.6 Å². The fourth-order valence-corrected chi connectivity index (χ4v) is 3.90. The van der Waals surface area contributed by atoms with Gasteiger partial charge in [-0.15, -0.1) is 0 Å². The lowest BCUT2D eigenvalue weighted by atomic mass is 10.1. The number of carbonyl (C=O) groups is 1. The Labute approximate surface area is 192 Å². The molecule has 0 atom stereocenters. The number of aliphatic imine (C=N–C) groups is 1. The summed E-state index contributed by atoms with van der Waals surface area (Å²) in [5, 5.41) is 0.845. The Balaban J connectivity index is 1.91. The van der Waals surface area contributed by atoms with Crippen LogP contribution in [0.25, 0.3) is 6.08 Å². The monoisotopic (exact) mass is 545 g/mol. The van der Waals surface area contributed by atoms with Crippen LogP contribution in [0.1, 0.15) is 30.9 Å². The Bertz CT molecular complexity index is 1000. The topological polar surface area (TPSA) is 57.1 Å². The normalized spacial score (nSPS) is 14.7. The molecule has 0 unspecified atom stereocenters. The van der Waals surface area contributed by atoms with E-state index in [0.29, 0.717) is 33.7 Å². The Hall–Kier alpha value is -1.77. The standard InChI is InChI=1S/C21H18Cl2INO4/c1-3-4-7-28-19-16(24)8-12(10-18(19)27-2)9-17-21(26)29-20(25-17)14-6-5-13(22)11-15(14)23/h5-6,8-11H,3-4,7H2,1-2H3/b17-9-. The molecule has 0 aliphatic carbocycles. The van der Waals surface area contributed by atoms with Crippen molar-refractivity contribution in [2.24, 2.45) is 4.99 Å². The van der Waals surface area contributed by atoms with E-state index in [2.05, 4.69) is 34.5 Å². The summed E-state index contributed by atoms with van der Waals surface area (Å²) in [4.78, 5) is 16.6. The van der Waals surface area contributed by atoms with Gasteiger partial charge in [0.15, 0.2) is 17.2 Å². The van der Waals surface area contributed by atoms with Crippen molar-refractivity contribution in [1.82, 2.24) is 0 Å². The molecule has 0 spiro atoms. The van der Waals surface area contributed by atoms with Crippen LogP contribution >= 0.6 is 45.8 Å². The molecular formula is C21H18Cl2INO4. The first-order valence-corrected chi connectivity index (χ1v) is 10.7. The van der Waals surface area contributed by atoms with Crippen molar-refractivity contribution in [2.75, 3.05) is 13.7 Å². The molecule has 0 saturated heterocycles. The highest BCUT2D eigenvalue weighted by atomic mass is 127. The average molecular weight is 546 g/mol. The number of rotatable bonds is 7. The third kappa shape index (κ3) is 5.24. The number of cyclic esters (lactones) is 1. The Kier molecular flexibility index (Phi) is 7.43. The molecule has 0 fully saturated rings. The minimum atomic E-state index is -0.553. The number of nitrogens with zero attached hydrogens (tertiary/aromatic N) is 1. The fourth-order valence-electron chi connectivity index (χ4n) is 2.63. The highest BCUT2D eigenvalue weighted by molar-refractivity contribution is 14.1. The van der Waals surface area contributed by atoms with Gasteiger partial charge < -0.3 is 14.2 Å². The second kappa shape index (κ2) is 9.82. The molecule has 152 valence electrons. The van der Waals surface area contributed by atoms with Gasteiger partial charge in [-0.25, -0.2) is 9.79 Å². The van der Waals surface area contributed by atoms with E-state index in [0.717, 1.165) is 22.0 Å². The van der Waals surface area contributed by atoms with Gasteiger partial charge in [0.25, 0.3) is 0 Å². The molecule has 5 nitrogen and oxygen atoms in total. The minimum Gasteiger partial charge on any atom is -0.493 e. The average Bonchev–Trinajstić information content (AvgIpc) is 3.03. The predicted molar refractivity (Wildman–Crippen MR) is 123 cm³/mol. The smallest absolute Gasteiger partial charge is 0.363 e. The van der Waals surface area contributed by atoms with Crippen LogP contribution in [0.5, 0.6) is 11.5 Å². The number of hydrogen-bond donors (Lipinski definition) is 0. The molecule has 2 aromatic rings. The molecule has 0 aromatic heterocycles. The molecule has 0 saturated carbocycles. The van der Waals surface area contributed by atoms with Gasteiger partial charge in [-0.3, -0.25) is 0 Å². The number of carbonyl (C=O) groups excluding carboxylic acids is 1. The van der Waals surface area contributed by atoms with Crippen LogP contribution in [0.2, 0.25) is 10.0 Å². The zero-order chi connectivity index (χ0) is 21.0. The summed E-state index contributed by atoms with van der Waals surface area (Å²) in [5.74, 6) is 0.873. The summed E-state index contributed by atoms with van der Waals surface area (Å²) < 4.78 is 17.5. The van der Waals surface area contributed by atoms with Crippen LogP contribution in [0, 0.1) is 3.57 Å². The Morgan fingerprint density at radius 3 is 2.72 bits per heavy atom. The zero-order valence-electron chi connectivity index (χ0n) is 15.8. The molecular weight excluding hydrogens is 528 g/mol. The summed E-state index contributed by atoms with van der Waals surface area (Å²) >= 11 is 14.3. The molecule has 0 bridgehead atoms. The Morgan fingerprint density at radius 1 is 1.24 bits per heavy atom. The van der Waals surface area contributed by atoms with Gasteiger partial charge in [-0.1, -0.05) is 36.5 Å². The second-order valence-electron chi connectivity index (χ2n) is 6.20. The van der Waals surface area contributed by atoms with Gasteiger partial charge in [0.05, 0.1) is 27.9 Å². The molecule has 2 aromatic carbocycles. The number of halogens is 3. The molecule has 0 radical (unpaired) electrons. The maximum atomic E-state index is 12.3. The number of esters is 1. The number of benzene rings is 2. The summed E-state index contributed by atoms with van der Waals surface area (Å²) in [6.45, 7) is 2.72. The van der Waals surface area contributed by atoms with Gasteiger partial charge in [0.2, 0.25) is 5.90 Å². The third-order valence-electron chi connectivity index (χ3n) is 4.08. The van der Waals surface area contributed by atoms with Crippen molar-refractivity contribution in [2.45, 2.75) is 19.8 Å². The van der Waals surface area contributed by atoms with Gasteiger partial charge in [-0.05, 0) is 71.0 Å². The highest BCUT2D eigenvalue weighted by Gasteiger charge is 2.26.